The molecule has 0 unspecified atom stereocenters. The summed E-state index contributed by atoms with van der Waals surface area (Å²) >= 11 is 0. The van der Waals surface area contributed by atoms with Crippen molar-refractivity contribution in [2.45, 2.75) is 0 Å². The molecule has 0 bridgehead atoms. The van der Waals surface area contributed by atoms with Crippen molar-refractivity contribution in [2.24, 2.45) is 0 Å². The van der Waals surface area contributed by atoms with Gasteiger partial charge < -0.3 is 9.52 Å². The van der Waals surface area contributed by atoms with Gasteiger partial charge in [-0.2, -0.15) is 0 Å². The van der Waals surface area contributed by atoms with E-state index in [1.54, 1.807) is 12.1 Å². The van der Waals surface area contributed by atoms with E-state index in [-0.39, 0.29) is 17.2 Å². The number of furan rings is 1. The fourth-order valence-corrected chi connectivity index (χ4v) is 1.20. The lowest BCUT2D eigenvalue weighted by atomic mass is 10.2. The average molecular weight is 217 g/mol. The molecule has 0 spiro atoms. The van der Waals surface area contributed by atoms with Crippen molar-refractivity contribution in [3.8, 4) is 0 Å². The third kappa shape index (κ3) is 1.83. The number of hydrogen-bond donors (Lipinski definition) is 1. The van der Waals surface area contributed by atoms with Gasteiger partial charge in [0.05, 0.1) is 0 Å². The van der Waals surface area contributed by atoms with Gasteiger partial charge in [-0.1, -0.05) is 6.07 Å². The molecule has 0 saturated carbocycles. The van der Waals surface area contributed by atoms with Gasteiger partial charge in [0.15, 0.2) is 5.76 Å². The minimum absolute atomic E-state index is 0.0314. The number of hydrogen-bond acceptors (Lipinski definition) is 4. The third-order valence-electron chi connectivity index (χ3n) is 1.94. The Morgan fingerprint density at radius 3 is 2.44 bits per heavy atom. The summed E-state index contributed by atoms with van der Waals surface area (Å²) in [5, 5.41) is 8.63. The van der Waals surface area contributed by atoms with Crippen LogP contribution in [0.2, 0.25) is 0 Å². The van der Waals surface area contributed by atoms with Crippen LogP contribution in [-0.4, -0.2) is 21.8 Å². The minimum Gasteiger partial charge on any atom is -0.475 e. The molecule has 1 N–H and O–H groups in total. The summed E-state index contributed by atoms with van der Waals surface area (Å²) in [7, 11) is 0. The average Bonchev–Trinajstić information content (AvgIpc) is 2.78. The normalized spacial score (nSPS) is 10.0. The fourth-order valence-electron chi connectivity index (χ4n) is 1.20. The first kappa shape index (κ1) is 10.1. The lowest BCUT2D eigenvalue weighted by molar-refractivity contribution is 0.0660. The standard InChI is InChI=1S/C11H7NO4/c13-10(7-3-1-2-6-12-7)8-4-5-9(16-8)11(14)15/h1-6H,(H,14,15). The number of carboxylic acid groups (broad SMARTS) is 1. The SMILES string of the molecule is O=C(O)c1ccc(C(=O)c2ccccn2)o1. The molecule has 2 aromatic heterocycles. The van der Waals surface area contributed by atoms with Crippen molar-refractivity contribution in [2.75, 3.05) is 0 Å². The van der Waals surface area contributed by atoms with E-state index < -0.39 is 11.8 Å². The molecule has 0 atom stereocenters. The van der Waals surface area contributed by atoms with E-state index in [0.717, 1.165) is 0 Å². The topological polar surface area (TPSA) is 80.4 Å². The lowest BCUT2D eigenvalue weighted by Crippen LogP contribution is -2.02. The zero-order valence-electron chi connectivity index (χ0n) is 8.08. The quantitative estimate of drug-likeness (QED) is 0.790. The monoisotopic (exact) mass is 217 g/mol. The number of nitrogens with zero attached hydrogens (tertiary/aromatic N) is 1. The molecule has 0 aliphatic carbocycles. The molecule has 0 aliphatic rings. The second-order valence-corrected chi connectivity index (χ2v) is 3.01. The van der Waals surface area contributed by atoms with Crippen LogP contribution >= 0.6 is 0 Å². The van der Waals surface area contributed by atoms with E-state index >= 15 is 0 Å². The molecular formula is C11H7NO4. The number of ketones is 1. The number of carbonyl (C=O) groups excluding carboxylic acids is 1. The van der Waals surface area contributed by atoms with Gasteiger partial charge in [-0.25, -0.2) is 4.79 Å². The van der Waals surface area contributed by atoms with Crippen molar-refractivity contribution in [1.29, 1.82) is 0 Å². The highest BCUT2D eigenvalue weighted by molar-refractivity contribution is 6.06. The number of aromatic nitrogens is 1. The molecule has 5 heteroatoms. The third-order valence-corrected chi connectivity index (χ3v) is 1.94. The Labute approximate surface area is 90.3 Å². The molecule has 80 valence electrons. The van der Waals surface area contributed by atoms with Crippen LogP contribution in [0.1, 0.15) is 26.8 Å². The minimum atomic E-state index is -1.21. The summed E-state index contributed by atoms with van der Waals surface area (Å²) in [5.74, 6) is -1.94. The Bertz CT molecular complexity index is 530. The molecule has 2 aromatic rings. The highest BCUT2D eigenvalue weighted by Gasteiger charge is 2.16. The molecule has 0 radical (unpaired) electrons. The molecular weight excluding hydrogens is 210 g/mol. The van der Waals surface area contributed by atoms with E-state index in [2.05, 4.69) is 4.98 Å². The number of rotatable bonds is 3. The maximum Gasteiger partial charge on any atom is 0.371 e. The zero-order chi connectivity index (χ0) is 11.5. The van der Waals surface area contributed by atoms with E-state index in [1.807, 2.05) is 0 Å². The first-order valence-electron chi connectivity index (χ1n) is 4.47. The second-order valence-electron chi connectivity index (χ2n) is 3.01. The lowest BCUT2D eigenvalue weighted by Gasteiger charge is -1.94. The fraction of sp³-hybridized carbons (Fsp3) is 0. The van der Waals surface area contributed by atoms with Crippen LogP contribution in [-0.2, 0) is 0 Å². The van der Waals surface area contributed by atoms with E-state index in [9.17, 15) is 9.59 Å². The summed E-state index contributed by atoms with van der Waals surface area (Å²) in [5.41, 5.74) is 0.216. The van der Waals surface area contributed by atoms with Crippen molar-refractivity contribution in [3.63, 3.8) is 0 Å². The molecule has 0 aromatic carbocycles. The molecule has 0 amide bonds. The highest BCUT2D eigenvalue weighted by atomic mass is 16.4. The molecule has 0 fully saturated rings. The van der Waals surface area contributed by atoms with E-state index in [0.29, 0.717) is 0 Å². The van der Waals surface area contributed by atoms with Crippen molar-refractivity contribution < 1.29 is 19.1 Å². The summed E-state index contributed by atoms with van der Waals surface area (Å²) in [4.78, 5) is 26.1. The van der Waals surface area contributed by atoms with Gasteiger partial charge in [0.2, 0.25) is 11.5 Å². The smallest absolute Gasteiger partial charge is 0.371 e. The summed E-state index contributed by atoms with van der Waals surface area (Å²) in [6, 6.07) is 7.44. The van der Waals surface area contributed by atoms with Gasteiger partial charge in [-0.3, -0.25) is 9.78 Å². The van der Waals surface area contributed by atoms with Gasteiger partial charge in [0.1, 0.15) is 5.69 Å². The summed E-state index contributed by atoms with van der Waals surface area (Å²) in [6.07, 6.45) is 1.48. The largest absolute Gasteiger partial charge is 0.475 e. The maximum atomic E-state index is 11.7. The van der Waals surface area contributed by atoms with Crippen LogP contribution in [0.5, 0.6) is 0 Å². The van der Waals surface area contributed by atoms with Crippen molar-refractivity contribution in [1.82, 2.24) is 4.98 Å². The van der Waals surface area contributed by atoms with Crippen LogP contribution < -0.4 is 0 Å². The van der Waals surface area contributed by atoms with Gasteiger partial charge in [-0.15, -0.1) is 0 Å². The van der Waals surface area contributed by atoms with E-state index in [1.165, 1.54) is 24.4 Å². The molecule has 5 nitrogen and oxygen atoms in total. The number of carbonyl (C=O) groups is 2. The Morgan fingerprint density at radius 2 is 1.88 bits per heavy atom. The Kier molecular flexibility index (Phi) is 2.51. The van der Waals surface area contributed by atoms with Crippen LogP contribution in [0.15, 0.2) is 40.9 Å². The van der Waals surface area contributed by atoms with Crippen molar-refractivity contribution >= 4 is 11.8 Å². The molecule has 0 saturated heterocycles. The predicted octanol–water partition coefficient (Wildman–Crippen LogP) is 1.60. The number of pyridine rings is 1. The molecule has 2 heterocycles. The first-order chi connectivity index (χ1) is 7.68. The molecule has 16 heavy (non-hydrogen) atoms. The van der Waals surface area contributed by atoms with Crippen LogP contribution in [0, 0.1) is 0 Å². The molecule has 0 aliphatic heterocycles. The van der Waals surface area contributed by atoms with Gasteiger partial charge in [-0.05, 0) is 24.3 Å². The van der Waals surface area contributed by atoms with Crippen LogP contribution in [0.4, 0.5) is 0 Å². The summed E-state index contributed by atoms with van der Waals surface area (Å²) in [6.45, 7) is 0. The Balaban J connectivity index is 2.31. The Hall–Kier alpha value is -2.43. The van der Waals surface area contributed by atoms with Crippen LogP contribution in [0.25, 0.3) is 0 Å². The maximum absolute atomic E-state index is 11.7. The number of aromatic carboxylic acids is 1. The number of carboxylic acids is 1. The van der Waals surface area contributed by atoms with Gasteiger partial charge >= 0.3 is 5.97 Å². The van der Waals surface area contributed by atoms with E-state index in [4.69, 9.17) is 9.52 Å². The second kappa shape index (κ2) is 3.98. The first-order valence-corrected chi connectivity index (χ1v) is 4.47. The van der Waals surface area contributed by atoms with Gasteiger partial charge in [0.25, 0.3) is 0 Å². The van der Waals surface area contributed by atoms with Gasteiger partial charge in [0, 0.05) is 6.20 Å². The summed E-state index contributed by atoms with van der Waals surface area (Å²) < 4.78 is 4.87. The Morgan fingerprint density at radius 1 is 1.12 bits per heavy atom. The van der Waals surface area contributed by atoms with Crippen LogP contribution in [0.3, 0.4) is 0 Å². The predicted molar refractivity (Wildman–Crippen MR) is 53.3 cm³/mol. The van der Waals surface area contributed by atoms with Crippen molar-refractivity contribution in [3.05, 3.63) is 53.7 Å². The highest BCUT2D eigenvalue weighted by Crippen LogP contribution is 2.11. The zero-order valence-corrected chi connectivity index (χ0v) is 8.08. The molecule has 2 rings (SSSR count).